The minimum Gasteiger partial charge on any atom is -0.490 e. The number of hydrogen-bond donors (Lipinski definition) is 0. The summed E-state index contributed by atoms with van der Waals surface area (Å²) in [5.41, 5.74) is 5.16. The first kappa shape index (κ1) is 19.3. The van der Waals surface area contributed by atoms with Crippen LogP contribution in [0.4, 0.5) is 0 Å². The number of nitrogens with zero attached hydrogens (tertiary/aromatic N) is 3. The van der Waals surface area contributed by atoms with Gasteiger partial charge in [0.05, 0.1) is 11.0 Å². The summed E-state index contributed by atoms with van der Waals surface area (Å²) in [6.07, 6.45) is 2.23. The molecule has 0 aliphatic carbocycles. The average molecular weight is 393 g/mol. The molecule has 4 rings (SSSR count). The Kier molecular flexibility index (Phi) is 4.94. The first-order chi connectivity index (χ1) is 13.8. The van der Waals surface area contributed by atoms with E-state index in [-0.39, 0.29) is 17.7 Å². The van der Waals surface area contributed by atoms with Gasteiger partial charge in [0.2, 0.25) is 5.91 Å². The number of carbonyl (C=O) groups is 1. The first-order valence-corrected chi connectivity index (χ1v) is 10.00. The van der Waals surface area contributed by atoms with Crippen molar-refractivity contribution in [1.82, 2.24) is 14.0 Å². The van der Waals surface area contributed by atoms with E-state index < -0.39 is 0 Å². The Morgan fingerprint density at radius 3 is 2.62 bits per heavy atom. The smallest absolute Gasteiger partial charge is 0.328 e. The number of hydrogen-bond acceptors (Lipinski definition) is 3. The molecule has 2 heterocycles. The third kappa shape index (κ3) is 3.67. The van der Waals surface area contributed by atoms with Crippen molar-refractivity contribution in [3.63, 3.8) is 0 Å². The summed E-state index contributed by atoms with van der Waals surface area (Å²) in [6.45, 7) is 2.66. The van der Waals surface area contributed by atoms with Gasteiger partial charge < -0.3 is 9.64 Å². The molecule has 0 spiro atoms. The molecule has 0 unspecified atom stereocenters. The topological polar surface area (TPSA) is 56.5 Å². The zero-order valence-corrected chi connectivity index (χ0v) is 17.4. The van der Waals surface area contributed by atoms with Gasteiger partial charge in [0, 0.05) is 40.5 Å². The van der Waals surface area contributed by atoms with E-state index in [1.165, 1.54) is 5.56 Å². The number of aromatic nitrogens is 2. The molecule has 6 heteroatoms. The second-order valence-electron chi connectivity index (χ2n) is 8.05. The number of aryl methyl sites for hydroxylation is 3. The maximum atomic E-state index is 12.6. The van der Waals surface area contributed by atoms with Crippen LogP contribution < -0.4 is 10.4 Å². The molecular formula is C23H27N3O3. The predicted molar refractivity (Wildman–Crippen MR) is 113 cm³/mol. The molecule has 0 radical (unpaired) electrons. The highest BCUT2D eigenvalue weighted by atomic mass is 16.5. The standard InChI is InChI=1S/C23H27N3O3/c1-15-11-18-12-17(6-9-21(18)29-15)14-24(2)22(27)10-7-16-5-8-19-20(13-16)26(4)23(28)25(19)3/h5-6,8-9,12-13,15H,7,10-11,14H2,1-4H3/t15-/m0/s1. The number of benzene rings is 2. The molecule has 0 N–H and O–H groups in total. The summed E-state index contributed by atoms with van der Waals surface area (Å²) in [5.74, 6) is 1.07. The molecule has 0 saturated carbocycles. The fourth-order valence-electron chi connectivity index (χ4n) is 4.09. The van der Waals surface area contributed by atoms with Gasteiger partial charge in [0.15, 0.2) is 0 Å². The van der Waals surface area contributed by atoms with Crippen molar-refractivity contribution >= 4 is 16.9 Å². The highest BCUT2D eigenvalue weighted by Crippen LogP contribution is 2.29. The Balaban J connectivity index is 1.39. The molecule has 29 heavy (non-hydrogen) atoms. The average Bonchev–Trinajstić information content (AvgIpc) is 3.18. The highest BCUT2D eigenvalue weighted by Gasteiger charge is 2.19. The lowest BCUT2D eigenvalue weighted by molar-refractivity contribution is -0.130. The van der Waals surface area contributed by atoms with E-state index in [4.69, 9.17) is 4.74 Å². The molecule has 0 bridgehead atoms. The molecule has 6 nitrogen and oxygen atoms in total. The third-order valence-corrected chi connectivity index (χ3v) is 5.77. The van der Waals surface area contributed by atoms with Crippen LogP contribution in [0.25, 0.3) is 11.0 Å². The lowest BCUT2D eigenvalue weighted by Gasteiger charge is -2.18. The van der Waals surface area contributed by atoms with E-state index >= 15 is 0 Å². The van der Waals surface area contributed by atoms with Crippen molar-refractivity contribution in [2.75, 3.05) is 7.05 Å². The van der Waals surface area contributed by atoms with Gasteiger partial charge in [-0.2, -0.15) is 0 Å². The molecule has 1 amide bonds. The van der Waals surface area contributed by atoms with Crippen LogP contribution in [0.5, 0.6) is 5.75 Å². The van der Waals surface area contributed by atoms with Crippen LogP contribution in [0.15, 0.2) is 41.2 Å². The lowest BCUT2D eigenvalue weighted by atomic mass is 10.1. The molecule has 1 aliphatic heterocycles. The van der Waals surface area contributed by atoms with Gasteiger partial charge in [-0.25, -0.2) is 4.79 Å². The van der Waals surface area contributed by atoms with Crippen LogP contribution in [0.2, 0.25) is 0 Å². The summed E-state index contributed by atoms with van der Waals surface area (Å²) in [4.78, 5) is 26.5. The van der Waals surface area contributed by atoms with Crippen molar-refractivity contribution in [3.8, 4) is 5.75 Å². The first-order valence-electron chi connectivity index (χ1n) is 10.00. The van der Waals surface area contributed by atoms with Crippen molar-refractivity contribution in [2.45, 2.75) is 38.8 Å². The van der Waals surface area contributed by atoms with Crippen molar-refractivity contribution in [2.24, 2.45) is 14.1 Å². The minimum atomic E-state index is -0.0397. The number of carbonyl (C=O) groups excluding carboxylic acids is 1. The predicted octanol–water partition coefficient (Wildman–Crippen LogP) is 2.79. The minimum absolute atomic E-state index is 0.0397. The molecule has 0 fully saturated rings. The lowest BCUT2D eigenvalue weighted by Crippen LogP contribution is -2.26. The van der Waals surface area contributed by atoms with E-state index in [0.717, 1.165) is 34.3 Å². The number of imidazole rings is 1. The molecule has 3 aromatic rings. The quantitative estimate of drug-likeness (QED) is 0.670. The maximum absolute atomic E-state index is 12.6. The molecule has 1 aliphatic rings. The molecule has 2 aromatic carbocycles. The SMILES string of the molecule is C[C@H]1Cc2cc(CN(C)C(=O)CCc3ccc4c(c3)n(C)c(=O)n4C)ccc2O1. The zero-order chi connectivity index (χ0) is 20.7. The van der Waals surface area contributed by atoms with Crippen LogP contribution in [-0.4, -0.2) is 33.1 Å². The number of ether oxygens (including phenoxy) is 1. The van der Waals surface area contributed by atoms with E-state index in [0.29, 0.717) is 19.4 Å². The van der Waals surface area contributed by atoms with E-state index in [1.54, 1.807) is 28.1 Å². The van der Waals surface area contributed by atoms with E-state index in [1.807, 2.05) is 37.4 Å². The summed E-state index contributed by atoms with van der Waals surface area (Å²) < 4.78 is 9.03. The van der Waals surface area contributed by atoms with Crippen molar-refractivity contribution in [3.05, 3.63) is 63.6 Å². The fraction of sp³-hybridized carbons (Fsp3) is 0.391. The molecule has 0 saturated heterocycles. The number of fused-ring (bicyclic) bond motifs is 2. The van der Waals surface area contributed by atoms with Gasteiger partial charge in [-0.1, -0.05) is 18.2 Å². The van der Waals surface area contributed by atoms with Crippen LogP contribution in [-0.2, 0) is 38.3 Å². The van der Waals surface area contributed by atoms with E-state index in [9.17, 15) is 9.59 Å². The van der Waals surface area contributed by atoms with Gasteiger partial charge in [-0.3, -0.25) is 13.9 Å². The van der Waals surface area contributed by atoms with Gasteiger partial charge in [0.1, 0.15) is 11.9 Å². The second-order valence-corrected chi connectivity index (χ2v) is 8.05. The van der Waals surface area contributed by atoms with Crippen LogP contribution >= 0.6 is 0 Å². The van der Waals surface area contributed by atoms with Crippen LogP contribution in [0.3, 0.4) is 0 Å². The van der Waals surface area contributed by atoms with Crippen LogP contribution in [0, 0.1) is 0 Å². The second kappa shape index (κ2) is 7.43. The van der Waals surface area contributed by atoms with Crippen LogP contribution in [0.1, 0.15) is 30.0 Å². The summed E-state index contributed by atoms with van der Waals surface area (Å²) >= 11 is 0. The molecular weight excluding hydrogens is 366 g/mol. The normalized spacial score (nSPS) is 15.4. The fourth-order valence-corrected chi connectivity index (χ4v) is 4.09. The van der Waals surface area contributed by atoms with Gasteiger partial charge in [-0.05, 0) is 48.2 Å². The number of amides is 1. The Morgan fingerprint density at radius 2 is 1.83 bits per heavy atom. The summed E-state index contributed by atoms with van der Waals surface area (Å²) in [5, 5.41) is 0. The monoisotopic (exact) mass is 393 g/mol. The van der Waals surface area contributed by atoms with Crippen molar-refractivity contribution in [1.29, 1.82) is 0 Å². The Morgan fingerprint density at radius 1 is 1.10 bits per heavy atom. The number of rotatable bonds is 5. The Bertz CT molecular complexity index is 1140. The summed E-state index contributed by atoms with van der Waals surface area (Å²) in [6, 6.07) is 12.1. The zero-order valence-electron chi connectivity index (χ0n) is 17.4. The maximum Gasteiger partial charge on any atom is 0.328 e. The molecule has 1 aromatic heterocycles. The Labute approximate surface area is 170 Å². The van der Waals surface area contributed by atoms with Gasteiger partial charge in [0.25, 0.3) is 0 Å². The Hall–Kier alpha value is -3.02. The summed E-state index contributed by atoms with van der Waals surface area (Å²) in [7, 11) is 5.39. The third-order valence-electron chi connectivity index (χ3n) is 5.77. The van der Waals surface area contributed by atoms with Gasteiger partial charge >= 0.3 is 5.69 Å². The van der Waals surface area contributed by atoms with E-state index in [2.05, 4.69) is 13.0 Å². The van der Waals surface area contributed by atoms with Crippen molar-refractivity contribution < 1.29 is 9.53 Å². The molecule has 1 atom stereocenters. The highest BCUT2D eigenvalue weighted by molar-refractivity contribution is 5.78. The largest absolute Gasteiger partial charge is 0.490 e. The van der Waals surface area contributed by atoms with Gasteiger partial charge in [-0.15, -0.1) is 0 Å². The molecule has 152 valence electrons.